The quantitative estimate of drug-likeness (QED) is 0.568. The third-order valence-electron chi connectivity index (χ3n) is 5.81. The fraction of sp³-hybridized carbons (Fsp3) is 0.538. The Labute approximate surface area is 192 Å². The van der Waals surface area contributed by atoms with Crippen molar-refractivity contribution in [1.29, 1.82) is 0 Å². The van der Waals surface area contributed by atoms with Crippen molar-refractivity contribution >= 4 is 5.69 Å². The number of benzene rings is 2. The third kappa shape index (κ3) is 7.40. The van der Waals surface area contributed by atoms with Crippen LogP contribution in [0.15, 0.2) is 48.5 Å². The summed E-state index contributed by atoms with van der Waals surface area (Å²) in [7, 11) is 1.68. The number of anilines is 1. The molecule has 0 amide bonds. The second-order valence-corrected chi connectivity index (χ2v) is 9.34. The lowest BCUT2D eigenvalue weighted by atomic mass is 9.87. The predicted molar refractivity (Wildman–Crippen MR) is 129 cm³/mol. The molecule has 1 N–H and O–H groups in total. The summed E-state index contributed by atoms with van der Waals surface area (Å²) in [5, 5.41) is 10.3. The van der Waals surface area contributed by atoms with Crippen LogP contribution < -0.4 is 14.4 Å². The number of hydrogen-bond donors (Lipinski definition) is 1. The van der Waals surface area contributed by atoms with Gasteiger partial charge in [-0.25, -0.2) is 0 Å². The molecule has 1 aliphatic heterocycles. The minimum atomic E-state index is -0.492. The molecule has 32 heavy (non-hydrogen) atoms. The maximum Gasteiger partial charge on any atom is 0.119 e. The molecule has 176 valence electrons. The maximum absolute atomic E-state index is 10.3. The molecule has 6 heteroatoms. The van der Waals surface area contributed by atoms with Gasteiger partial charge in [-0.1, -0.05) is 32.9 Å². The van der Waals surface area contributed by atoms with Crippen LogP contribution in [0.4, 0.5) is 5.69 Å². The number of rotatable bonds is 10. The van der Waals surface area contributed by atoms with E-state index < -0.39 is 6.10 Å². The van der Waals surface area contributed by atoms with E-state index in [9.17, 15) is 5.11 Å². The zero-order valence-corrected chi connectivity index (χ0v) is 19.9. The zero-order chi connectivity index (χ0) is 23.0. The van der Waals surface area contributed by atoms with E-state index >= 15 is 0 Å². The lowest BCUT2D eigenvalue weighted by Crippen LogP contribution is -2.49. The molecule has 0 aromatic heterocycles. The van der Waals surface area contributed by atoms with Crippen molar-refractivity contribution in [1.82, 2.24) is 4.90 Å². The van der Waals surface area contributed by atoms with Gasteiger partial charge in [-0.15, -0.1) is 0 Å². The highest BCUT2D eigenvalue weighted by Gasteiger charge is 2.19. The fourth-order valence-electron chi connectivity index (χ4n) is 3.82. The van der Waals surface area contributed by atoms with E-state index in [2.05, 4.69) is 54.8 Å². The molecular weight excluding hydrogens is 404 g/mol. The summed E-state index contributed by atoms with van der Waals surface area (Å²) in [4.78, 5) is 4.66. The molecule has 1 saturated heterocycles. The first-order chi connectivity index (χ1) is 15.3. The number of ether oxygens (including phenoxy) is 3. The first-order valence-electron chi connectivity index (χ1n) is 11.5. The molecule has 6 nitrogen and oxygen atoms in total. The maximum atomic E-state index is 10.3. The van der Waals surface area contributed by atoms with Gasteiger partial charge < -0.3 is 24.2 Å². The van der Waals surface area contributed by atoms with Crippen LogP contribution in [0.25, 0.3) is 0 Å². The average molecular weight is 443 g/mol. The van der Waals surface area contributed by atoms with E-state index in [1.54, 1.807) is 7.11 Å². The van der Waals surface area contributed by atoms with Gasteiger partial charge in [0.1, 0.15) is 18.1 Å². The van der Waals surface area contributed by atoms with Gasteiger partial charge in [0.05, 0.1) is 26.4 Å². The van der Waals surface area contributed by atoms with Crippen molar-refractivity contribution in [2.45, 2.75) is 32.3 Å². The molecule has 1 heterocycles. The van der Waals surface area contributed by atoms with Crippen molar-refractivity contribution in [2.75, 3.05) is 64.6 Å². The van der Waals surface area contributed by atoms with Gasteiger partial charge >= 0.3 is 0 Å². The van der Waals surface area contributed by atoms with Crippen molar-refractivity contribution in [2.24, 2.45) is 0 Å². The molecule has 0 bridgehead atoms. The number of piperazine rings is 1. The normalized spacial score (nSPS) is 16.1. The van der Waals surface area contributed by atoms with Crippen LogP contribution in [-0.4, -0.2) is 75.8 Å². The number of aliphatic hydroxyl groups is 1. The van der Waals surface area contributed by atoms with Crippen LogP contribution in [0.1, 0.15) is 26.3 Å². The minimum Gasteiger partial charge on any atom is -0.497 e. The van der Waals surface area contributed by atoms with E-state index in [1.165, 1.54) is 11.3 Å². The lowest BCUT2D eigenvalue weighted by Gasteiger charge is -2.36. The molecule has 1 fully saturated rings. The largest absolute Gasteiger partial charge is 0.497 e. The number of β-amino-alcohol motifs (C(OH)–C–C–N with tert-alkyl or cyclic N) is 1. The molecule has 2 aromatic carbocycles. The lowest BCUT2D eigenvalue weighted by molar-refractivity contribution is 0.00718. The Bertz CT molecular complexity index is 794. The second-order valence-electron chi connectivity index (χ2n) is 9.34. The van der Waals surface area contributed by atoms with Crippen LogP contribution >= 0.6 is 0 Å². The molecule has 1 unspecified atom stereocenters. The Kier molecular flexibility index (Phi) is 8.79. The van der Waals surface area contributed by atoms with Crippen LogP contribution in [0, 0.1) is 0 Å². The van der Waals surface area contributed by atoms with Crippen molar-refractivity contribution in [3.05, 3.63) is 54.1 Å². The number of nitrogens with zero attached hydrogens (tertiary/aromatic N) is 2. The SMILES string of the molecule is COc1ccc(N2CCN(CC(O)COCCOc3ccc(C(C)(C)C)cc3)CC2)cc1. The van der Waals surface area contributed by atoms with E-state index in [1.807, 2.05) is 24.3 Å². The van der Waals surface area contributed by atoms with Crippen LogP contribution in [0.2, 0.25) is 0 Å². The zero-order valence-electron chi connectivity index (χ0n) is 19.9. The van der Waals surface area contributed by atoms with E-state index in [4.69, 9.17) is 14.2 Å². The summed E-state index contributed by atoms with van der Waals surface area (Å²) in [6.45, 7) is 12.2. The molecule has 0 aliphatic carbocycles. The summed E-state index contributed by atoms with van der Waals surface area (Å²) >= 11 is 0. The summed E-state index contributed by atoms with van der Waals surface area (Å²) in [6, 6.07) is 16.4. The molecule has 1 atom stereocenters. The summed E-state index contributed by atoms with van der Waals surface area (Å²) in [6.07, 6.45) is -0.492. The second kappa shape index (κ2) is 11.5. The molecule has 0 radical (unpaired) electrons. The van der Waals surface area contributed by atoms with Crippen LogP contribution in [0.5, 0.6) is 11.5 Å². The fourth-order valence-corrected chi connectivity index (χ4v) is 3.82. The van der Waals surface area contributed by atoms with E-state index in [0.29, 0.717) is 26.4 Å². The molecule has 0 spiro atoms. The Morgan fingerprint density at radius 1 is 0.875 bits per heavy atom. The number of hydrogen-bond acceptors (Lipinski definition) is 6. The Balaban J connectivity index is 1.28. The van der Waals surface area contributed by atoms with Gasteiger partial charge in [-0.05, 0) is 47.4 Å². The summed E-state index contributed by atoms with van der Waals surface area (Å²) < 4.78 is 16.6. The van der Waals surface area contributed by atoms with Gasteiger partial charge in [-0.3, -0.25) is 4.90 Å². The van der Waals surface area contributed by atoms with Gasteiger partial charge in [0.25, 0.3) is 0 Å². The smallest absolute Gasteiger partial charge is 0.119 e. The summed E-state index contributed by atoms with van der Waals surface area (Å²) in [5.74, 6) is 1.72. The van der Waals surface area contributed by atoms with E-state index in [-0.39, 0.29) is 5.41 Å². The first-order valence-corrected chi connectivity index (χ1v) is 11.5. The number of methoxy groups -OCH3 is 1. The topological polar surface area (TPSA) is 54.4 Å². The number of aliphatic hydroxyl groups excluding tert-OH is 1. The molecule has 0 saturated carbocycles. The van der Waals surface area contributed by atoms with Gasteiger partial charge in [0, 0.05) is 38.4 Å². The monoisotopic (exact) mass is 442 g/mol. The van der Waals surface area contributed by atoms with Crippen molar-refractivity contribution < 1.29 is 19.3 Å². The minimum absolute atomic E-state index is 0.139. The average Bonchev–Trinajstić information content (AvgIpc) is 2.79. The molecule has 1 aliphatic rings. The first kappa shape index (κ1) is 24.4. The highest BCUT2D eigenvalue weighted by atomic mass is 16.5. The summed E-state index contributed by atoms with van der Waals surface area (Å²) in [5.41, 5.74) is 2.64. The van der Waals surface area contributed by atoms with Gasteiger partial charge in [0.15, 0.2) is 0 Å². The van der Waals surface area contributed by atoms with Crippen molar-refractivity contribution in [3.8, 4) is 11.5 Å². The van der Waals surface area contributed by atoms with E-state index in [0.717, 1.165) is 37.7 Å². The molecule has 3 rings (SSSR count). The van der Waals surface area contributed by atoms with Crippen LogP contribution in [-0.2, 0) is 10.2 Å². The highest BCUT2D eigenvalue weighted by Crippen LogP contribution is 2.24. The Morgan fingerprint density at radius 3 is 2.09 bits per heavy atom. The van der Waals surface area contributed by atoms with Gasteiger partial charge in [0.2, 0.25) is 0 Å². The third-order valence-corrected chi connectivity index (χ3v) is 5.81. The molecule has 2 aromatic rings. The van der Waals surface area contributed by atoms with Crippen LogP contribution in [0.3, 0.4) is 0 Å². The standard InChI is InChI=1S/C26H38N2O4/c1-26(2,3)21-5-9-25(10-6-21)32-18-17-31-20-23(29)19-27-13-15-28(16-14-27)22-7-11-24(30-4)12-8-22/h5-12,23,29H,13-20H2,1-4H3. The Morgan fingerprint density at radius 2 is 1.50 bits per heavy atom. The van der Waals surface area contributed by atoms with Crippen molar-refractivity contribution in [3.63, 3.8) is 0 Å². The van der Waals surface area contributed by atoms with Gasteiger partial charge in [-0.2, -0.15) is 0 Å². The molecular formula is C26H38N2O4. The highest BCUT2D eigenvalue weighted by molar-refractivity contribution is 5.49. The predicted octanol–water partition coefficient (Wildman–Crippen LogP) is 3.57. The Hall–Kier alpha value is -2.28.